The first-order valence-electron chi connectivity index (χ1n) is 13.3. The first kappa shape index (κ1) is 25.9. The smallest absolute Gasteiger partial charge is 0.0831 e. The average molecular weight is 479 g/mol. The maximum Gasteiger partial charge on any atom is 0.0831 e. The van der Waals surface area contributed by atoms with Gasteiger partial charge in [0.2, 0.25) is 0 Å². The molecule has 3 aromatic rings. The molecule has 2 heteroatoms. The Bertz CT molecular complexity index is 1210. The van der Waals surface area contributed by atoms with Crippen LogP contribution in [0, 0.1) is 0 Å². The van der Waals surface area contributed by atoms with E-state index in [1.807, 2.05) is 0 Å². The van der Waals surface area contributed by atoms with Crippen molar-refractivity contribution in [3.63, 3.8) is 0 Å². The van der Waals surface area contributed by atoms with Gasteiger partial charge in [-0.2, -0.15) is 5.10 Å². The molecule has 0 amide bonds. The Morgan fingerprint density at radius 3 is 1.75 bits per heavy atom. The van der Waals surface area contributed by atoms with Gasteiger partial charge >= 0.3 is 0 Å². The Hall–Kier alpha value is -3.13. The van der Waals surface area contributed by atoms with E-state index in [1.165, 1.54) is 27.8 Å². The zero-order chi connectivity index (χ0) is 26.1. The third-order valence-corrected chi connectivity index (χ3v) is 7.16. The standard InChI is InChI=1S/C34H42N2/c1-24(2)26-14-21-31(22-15-26)36-32(27-12-18-29(19-13-27)34(6,7)8)23-30(35-36)20-11-25-9-16-28(17-10-25)33(3,4)5/h9-22,24,32H,23H2,1-8H3. The van der Waals surface area contributed by atoms with Crippen LogP contribution in [0.15, 0.2) is 84.0 Å². The molecule has 1 aliphatic heterocycles. The second-order valence-corrected chi connectivity index (χ2v) is 12.5. The molecule has 3 aromatic carbocycles. The lowest BCUT2D eigenvalue weighted by Crippen LogP contribution is -2.19. The third-order valence-electron chi connectivity index (χ3n) is 7.16. The summed E-state index contributed by atoms with van der Waals surface area (Å²) in [6, 6.07) is 27.1. The van der Waals surface area contributed by atoms with Gasteiger partial charge in [-0.1, -0.05) is 122 Å². The summed E-state index contributed by atoms with van der Waals surface area (Å²) >= 11 is 0. The number of benzene rings is 3. The lowest BCUT2D eigenvalue weighted by atomic mass is 9.86. The topological polar surface area (TPSA) is 15.6 Å². The van der Waals surface area contributed by atoms with E-state index in [1.54, 1.807) is 0 Å². The van der Waals surface area contributed by atoms with Crippen LogP contribution >= 0.6 is 0 Å². The summed E-state index contributed by atoms with van der Waals surface area (Å²) in [5.41, 5.74) is 9.13. The molecule has 0 spiro atoms. The largest absolute Gasteiger partial charge is 0.257 e. The van der Waals surface area contributed by atoms with Crippen LogP contribution < -0.4 is 5.01 Å². The minimum atomic E-state index is 0.146. The van der Waals surface area contributed by atoms with Crippen LogP contribution in [-0.2, 0) is 10.8 Å². The number of rotatable bonds is 5. The molecule has 0 fully saturated rings. The van der Waals surface area contributed by atoms with Crippen LogP contribution in [0.25, 0.3) is 6.08 Å². The highest BCUT2D eigenvalue weighted by atomic mass is 15.5. The zero-order valence-corrected chi connectivity index (χ0v) is 23.3. The van der Waals surface area contributed by atoms with Gasteiger partial charge in [0.05, 0.1) is 17.4 Å². The van der Waals surface area contributed by atoms with Gasteiger partial charge in [-0.25, -0.2) is 0 Å². The minimum absolute atomic E-state index is 0.146. The van der Waals surface area contributed by atoms with Crippen molar-refractivity contribution >= 4 is 17.5 Å². The summed E-state index contributed by atoms with van der Waals surface area (Å²) in [4.78, 5) is 0. The van der Waals surface area contributed by atoms with Crippen LogP contribution in [0.1, 0.15) is 102 Å². The van der Waals surface area contributed by atoms with Gasteiger partial charge in [-0.15, -0.1) is 0 Å². The van der Waals surface area contributed by atoms with E-state index < -0.39 is 0 Å². The first-order valence-corrected chi connectivity index (χ1v) is 13.3. The average Bonchev–Trinajstić information content (AvgIpc) is 3.26. The van der Waals surface area contributed by atoms with Crippen LogP contribution in [-0.4, -0.2) is 5.71 Å². The molecular formula is C34H42N2. The quantitative estimate of drug-likeness (QED) is 0.356. The monoisotopic (exact) mass is 478 g/mol. The van der Waals surface area contributed by atoms with Crippen molar-refractivity contribution in [2.45, 2.75) is 84.6 Å². The predicted molar refractivity (Wildman–Crippen MR) is 157 cm³/mol. The molecule has 0 aliphatic carbocycles. The lowest BCUT2D eigenvalue weighted by Gasteiger charge is -2.25. The van der Waals surface area contributed by atoms with Gasteiger partial charge < -0.3 is 0 Å². The predicted octanol–water partition coefficient (Wildman–Crippen LogP) is 9.43. The molecule has 0 bridgehead atoms. The molecule has 4 rings (SSSR count). The fraction of sp³-hybridized carbons (Fsp3) is 0.382. The van der Waals surface area contributed by atoms with E-state index in [-0.39, 0.29) is 16.9 Å². The van der Waals surface area contributed by atoms with E-state index in [0.717, 1.165) is 17.8 Å². The minimum Gasteiger partial charge on any atom is -0.257 e. The molecule has 1 unspecified atom stereocenters. The summed E-state index contributed by atoms with van der Waals surface area (Å²) in [7, 11) is 0. The van der Waals surface area contributed by atoms with E-state index in [4.69, 9.17) is 5.10 Å². The molecule has 1 aliphatic rings. The maximum atomic E-state index is 5.10. The van der Waals surface area contributed by atoms with Crippen molar-refractivity contribution in [1.29, 1.82) is 0 Å². The van der Waals surface area contributed by atoms with Gasteiger partial charge in [0.1, 0.15) is 0 Å². The fourth-order valence-corrected chi connectivity index (χ4v) is 4.64. The van der Waals surface area contributed by atoms with E-state index in [9.17, 15) is 0 Å². The Morgan fingerprint density at radius 2 is 1.25 bits per heavy atom. The molecular weight excluding hydrogens is 436 g/mol. The SMILES string of the molecule is CC(C)c1ccc(N2N=C(C=Cc3ccc(C(C)(C)C)cc3)CC2c2ccc(C(C)(C)C)cc2)cc1. The van der Waals surface area contributed by atoms with Crippen molar-refractivity contribution < 1.29 is 0 Å². The van der Waals surface area contributed by atoms with Gasteiger partial charge in [0, 0.05) is 6.42 Å². The maximum absolute atomic E-state index is 5.10. The Morgan fingerprint density at radius 1 is 0.722 bits per heavy atom. The summed E-state index contributed by atoms with van der Waals surface area (Å²) in [5, 5.41) is 7.30. The normalized spacial score (nSPS) is 16.8. The molecule has 2 nitrogen and oxygen atoms in total. The molecule has 0 radical (unpaired) electrons. The number of hydrazone groups is 1. The van der Waals surface area contributed by atoms with Crippen LogP contribution in [0.2, 0.25) is 0 Å². The summed E-state index contributed by atoms with van der Waals surface area (Å²) in [6.07, 6.45) is 5.26. The van der Waals surface area contributed by atoms with Crippen molar-refractivity contribution in [3.05, 3.63) is 107 Å². The van der Waals surface area contributed by atoms with Crippen molar-refractivity contribution in [2.75, 3.05) is 5.01 Å². The molecule has 0 saturated carbocycles. The Kier molecular flexibility index (Phi) is 7.27. The highest BCUT2D eigenvalue weighted by Gasteiger charge is 2.28. The second kappa shape index (κ2) is 10.1. The lowest BCUT2D eigenvalue weighted by molar-refractivity contribution is 0.589. The fourth-order valence-electron chi connectivity index (χ4n) is 4.64. The van der Waals surface area contributed by atoms with Gasteiger partial charge in [-0.3, -0.25) is 5.01 Å². The van der Waals surface area contributed by atoms with Crippen LogP contribution in [0.5, 0.6) is 0 Å². The second-order valence-electron chi connectivity index (χ2n) is 12.5. The number of nitrogens with zero attached hydrogens (tertiary/aromatic N) is 2. The number of anilines is 1. The molecule has 188 valence electrons. The molecule has 1 heterocycles. The highest BCUT2D eigenvalue weighted by molar-refractivity contribution is 6.01. The van der Waals surface area contributed by atoms with Crippen LogP contribution in [0.4, 0.5) is 5.69 Å². The molecule has 0 saturated heterocycles. The van der Waals surface area contributed by atoms with E-state index >= 15 is 0 Å². The molecule has 0 aromatic heterocycles. The van der Waals surface area contributed by atoms with Gasteiger partial charge in [0.15, 0.2) is 0 Å². The van der Waals surface area contributed by atoms with Crippen LogP contribution in [0.3, 0.4) is 0 Å². The number of allylic oxidation sites excluding steroid dienone is 1. The van der Waals surface area contributed by atoms with Gasteiger partial charge in [-0.05, 0) is 62.8 Å². The molecule has 36 heavy (non-hydrogen) atoms. The first-order chi connectivity index (χ1) is 16.9. The Labute approximate surface area is 218 Å². The third kappa shape index (κ3) is 5.98. The van der Waals surface area contributed by atoms with Crippen molar-refractivity contribution in [3.8, 4) is 0 Å². The molecule has 1 atom stereocenters. The van der Waals surface area contributed by atoms with E-state index in [0.29, 0.717) is 5.92 Å². The number of hydrogen-bond acceptors (Lipinski definition) is 2. The van der Waals surface area contributed by atoms with Crippen molar-refractivity contribution in [2.24, 2.45) is 5.10 Å². The van der Waals surface area contributed by atoms with Gasteiger partial charge in [0.25, 0.3) is 0 Å². The van der Waals surface area contributed by atoms with E-state index in [2.05, 4.69) is 145 Å². The summed E-state index contributed by atoms with van der Waals surface area (Å²) in [5.74, 6) is 0.519. The zero-order valence-electron chi connectivity index (χ0n) is 23.3. The Balaban J connectivity index is 1.62. The summed E-state index contributed by atoms with van der Waals surface area (Å²) < 4.78 is 0. The number of hydrogen-bond donors (Lipinski definition) is 0. The molecule has 0 N–H and O–H groups in total. The summed E-state index contributed by atoms with van der Waals surface area (Å²) in [6.45, 7) is 18.0. The van der Waals surface area contributed by atoms with Crippen molar-refractivity contribution in [1.82, 2.24) is 0 Å². The highest BCUT2D eigenvalue weighted by Crippen LogP contribution is 2.37.